The molecule has 4 aliphatic rings. The topological polar surface area (TPSA) is 40.5 Å². The molecule has 5 unspecified atom stereocenters. The molecule has 0 spiro atoms. The highest BCUT2D eigenvalue weighted by Crippen LogP contribution is 2.64. The largest absolute Gasteiger partial charge is 0.393 e. The van der Waals surface area contributed by atoms with Crippen molar-refractivity contribution in [3.8, 4) is 12.3 Å². The van der Waals surface area contributed by atoms with Crippen LogP contribution in [0.4, 0.5) is 10.1 Å². The Bertz CT molecular complexity index is 1090. The highest BCUT2D eigenvalue weighted by molar-refractivity contribution is 5.93. The molecular formula is C30H38FNO2. The number of aliphatic hydroxyl groups is 1. The second kappa shape index (κ2) is 9.34. The fourth-order valence-electron chi connectivity index (χ4n) is 7.36. The second-order valence-electron chi connectivity index (χ2n) is 11.0. The van der Waals surface area contributed by atoms with Crippen LogP contribution in [0, 0.1) is 42.3 Å². The Labute approximate surface area is 204 Å². The van der Waals surface area contributed by atoms with Crippen LogP contribution in [-0.4, -0.2) is 31.1 Å². The molecule has 0 amide bonds. The van der Waals surface area contributed by atoms with Crippen LogP contribution in [0.15, 0.2) is 34.9 Å². The molecule has 5 rings (SSSR count). The van der Waals surface area contributed by atoms with Gasteiger partial charge in [0.15, 0.2) is 5.78 Å². The number of carbonyl (C=O) groups excluding carboxylic acids is 1. The fraction of sp³-hybridized carbons (Fsp3) is 0.567. The normalized spacial score (nSPS) is 31.9. The van der Waals surface area contributed by atoms with Gasteiger partial charge in [-0.3, -0.25) is 4.79 Å². The number of hydrogen-bond acceptors (Lipinski definition) is 3. The number of aliphatic hydroxyl groups excluding tert-OH is 1. The number of terminal acetylenes is 1. The van der Waals surface area contributed by atoms with Gasteiger partial charge in [-0.05, 0) is 98.5 Å². The van der Waals surface area contributed by atoms with Crippen molar-refractivity contribution in [2.45, 2.75) is 77.7 Å². The lowest BCUT2D eigenvalue weighted by molar-refractivity contribution is -0.114. The van der Waals surface area contributed by atoms with E-state index in [1.807, 2.05) is 44.1 Å². The molecule has 1 N–H and O–H groups in total. The summed E-state index contributed by atoms with van der Waals surface area (Å²) in [4.78, 5) is 14.1. The van der Waals surface area contributed by atoms with Crippen LogP contribution in [0.25, 0.3) is 0 Å². The van der Waals surface area contributed by atoms with Gasteiger partial charge in [0.25, 0.3) is 0 Å². The number of allylic oxidation sites excluding steroid dienone is 4. The van der Waals surface area contributed by atoms with Crippen LogP contribution in [-0.2, 0) is 4.79 Å². The third kappa shape index (κ3) is 3.93. The average molecular weight is 464 g/mol. The van der Waals surface area contributed by atoms with Gasteiger partial charge in [-0.25, -0.2) is 4.39 Å². The molecule has 1 aromatic rings. The van der Waals surface area contributed by atoms with Crippen molar-refractivity contribution in [2.75, 3.05) is 19.0 Å². The highest BCUT2D eigenvalue weighted by Gasteiger charge is 2.56. The molecule has 1 aromatic carbocycles. The van der Waals surface area contributed by atoms with E-state index in [-0.39, 0.29) is 29.0 Å². The first-order valence-corrected chi connectivity index (χ1v) is 12.6. The first-order chi connectivity index (χ1) is 16.1. The van der Waals surface area contributed by atoms with Crippen LogP contribution in [0.3, 0.4) is 0 Å². The van der Waals surface area contributed by atoms with Crippen molar-refractivity contribution in [1.29, 1.82) is 0 Å². The quantitative estimate of drug-likeness (QED) is 0.539. The minimum Gasteiger partial charge on any atom is -0.393 e. The first-order valence-electron chi connectivity index (χ1n) is 12.6. The minimum atomic E-state index is -0.318. The van der Waals surface area contributed by atoms with Gasteiger partial charge >= 0.3 is 0 Å². The smallest absolute Gasteiger partial charge is 0.156 e. The molecule has 0 saturated heterocycles. The van der Waals surface area contributed by atoms with Crippen LogP contribution in [0.1, 0.15) is 75.8 Å². The van der Waals surface area contributed by atoms with Gasteiger partial charge in [0.2, 0.25) is 0 Å². The summed E-state index contributed by atoms with van der Waals surface area (Å²) < 4.78 is 15.8. The highest BCUT2D eigenvalue weighted by atomic mass is 19.1. The zero-order valence-electron chi connectivity index (χ0n) is 21.2. The predicted octanol–water partition coefficient (Wildman–Crippen LogP) is 6.10. The lowest BCUT2D eigenvalue weighted by Gasteiger charge is -2.52. The van der Waals surface area contributed by atoms with Crippen molar-refractivity contribution >= 4 is 11.5 Å². The third-order valence-electron chi connectivity index (χ3n) is 8.93. The molecule has 3 nitrogen and oxygen atoms in total. The van der Waals surface area contributed by atoms with Crippen molar-refractivity contribution < 1.29 is 14.3 Å². The van der Waals surface area contributed by atoms with Crippen LogP contribution >= 0.6 is 0 Å². The van der Waals surface area contributed by atoms with Crippen LogP contribution in [0.2, 0.25) is 0 Å². The number of nitrogens with zero attached hydrogens (tertiary/aromatic N) is 1. The summed E-state index contributed by atoms with van der Waals surface area (Å²) >= 11 is 0. The summed E-state index contributed by atoms with van der Waals surface area (Å²) in [5, 5.41) is 11.0. The molecule has 2 saturated carbocycles. The summed E-state index contributed by atoms with van der Waals surface area (Å²) in [6.45, 7) is 5.76. The number of ketones is 1. The van der Waals surface area contributed by atoms with Gasteiger partial charge in [0.05, 0.1) is 6.10 Å². The summed E-state index contributed by atoms with van der Waals surface area (Å²) in [6.07, 6.45) is 12.1. The predicted molar refractivity (Wildman–Crippen MR) is 136 cm³/mol. The summed E-state index contributed by atoms with van der Waals surface area (Å²) in [7, 11) is 3.89. The molecule has 4 aliphatic carbocycles. The van der Waals surface area contributed by atoms with E-state index in [4.69, 9.17) is 0 Å². The zero-order chi connectivity index (χ0) is 24.8. The molecular weight excluding hydrogens is 425 g/mol. The third-order valence-corrected chi connectivity index (χ3v) is 8.93. The maximum Gasteiger partial charge on any atom is 0.156 e. The molecule has 0 radical (unpaired) electrons. The number of fused-ring (bicyclic) bond motifs is 4. The van der Waals surface area contributed by atoms with Crippen LogP contribution < -0.4 is 4.90 Å². The zero-order valence-corrected chi connectivity index (χ0v) is 21.2. The van der Waals surface area contributed by atoms with E-state index in [1.54, 1.807) is 6.92 Å². The Morgan fingerprint density at radius 3 is 2.56 bits per heavy atom. The van der Waals surface area contributed by atoms with E-state index in [0.717, 1.165) is 49.8 Å². The van der Waals surface area contributed by atoms with E-state index >= 15 is 4.39 Å². The molecule has 182 valence electrons. The van der Waals surface area contributed by atoms with E-state index in [9.17, 15) is 9.90 Å². The van der Waals surface area contributed by atoms with Crippen molar-refractivity contribution in [1.82, 2.24) is 0 Å². The Morgan fingerprint density at radius 2 is 1.88 bits per heavy atom. The first kappa shape index (κ1) is 24.7. The Hall–Kier alpha value is -2.38. The Kier molecular flexibility index (Phi) is 6.80. The Balaban J connectivity index is 0.000000868. The fourth-order valence-corrected chi connectivity index (χ4v) is 7.36. The second-order valence-corrected chi connectivity index (χ2v) is 11.0. The van der Waals surface area contributed by atoms with Gasteiger partial charge in [0, 0.05) is 37.7 Å². The van der Waals surface area contributed by atoms with Crippen molar-refractivity contribution in [3.05, 3.63) is 51.9 Å². The van der Waals surface area contributed by atoms with Crippen molar-refractivity contribution in [3.63, 3.8) is 0 Å². The maximum absolute atomic E-state index is 15.8. The molecule has 0 aliphatic heterocycles. The number of carbonyl (C=O) groups is 1. The standard InChI is InChI=1S/C27H34FNO2.C3H4/c1-15-23(29(3)4)11-9-19(26(15)28)21-14-27(2)22(10-12-24(27)31)20-7-5-16-13-17(30)6-8-18(16)25(20)21;1-3-2/h9,11,13,20-22,24,31H,5-8,10,12,14H2,1-4H3;1H,2H3. The lowest BCUT2D eigenvalue weighted by Crippen LogP contribution is -2.45. The van der Waals surface area contributed by atoms with E-state index < -0.39 is 0 Å². The average Bonchev–Trinajstić information content (AvgIpc) is 3.09. The number of anilines is 1. The molecule has 0 heterocycles. The van der Waals surface area contributed by atoms with Crippen molar-refractivity contribution in [2.24, 2.45) is 17.3 Å². The lowest BCUT2D eigenvalue weighted by atomic mass is 9.53. The molecule has 5 atom stereocenters. The Morgan fingerprint density at radius 1 is 1.18 bits per heavy atom. The van der Waals surface area contributed by atoms with Gasteiger partial charge < -0.3 is 10.0 Å². The van der Waals surface area contributed by atoms with Gasteiger partial charge in [-0.1, -0.05) is 18.6 Å². The van der Waals surface area contributed by atoms with E-state index in [1.165, 1.54) is 16.7 Å². The van der Waals surface area contributed by atoms with Crippen LogP contribution in [0.5, 0.6) is 0 Å². The minimum absolute atomic E-state index is 0.0270. The van der Waals surface area contributed by atoms with Gasteiger partial charge in [0.1, 0.15) is 5.82 Å². The van der Waals surface area contributed by atoms with Gasteiger partial charge in [-0.15, -0.1) is 12.3 Å². The molecule has 2 fully saturated rings. The molecule has 4 heteroatoms. The number of halogens is 1. The number of rotatable bonds is 2. The summed E-state index contributed by atoms with van der Waals surface area (Å²) in [5.41, 5.74) is 6.10. The number of hydrogen-bond donors (Lipinski definition) is 1. The monoisotopic (exact) mass is 463 g/mol. The van der Waals surface area contributed by atoms with E-state index in [2.05, 4.69) is 19.3 Å². The summed E-state index contributed by atoms with van der Waals surface area (Å²) in [5.74, 6) is 3.17. The molecule has 0 bridgehead atoms. The number of benzene rings is 1. The SMILES string of the molecule is C#CC.Cc1c(N(C)C)ccc(C2CC3(C)C(O)CCC3C3CCC4=CC(=O)CCC4=C23)c1F. The molecule has 34 heavy (non-hydrogen) atoms. The van der Waals surface area contributed by atoms with E-state index in [0.29, 0.717) is 23.8 Å². The summed E-state index contributed by atoms with van der Waals surface area (Å²) in [6, 6.07) is 4.02. The molecule has 0 aromatic heterocycles. The maximum atomic E-state index is 15.8. The van der Waals surface area contributed by atoms with Gasteiger partial charge in [-0.2, -0.15) is 0 Å².